The Kier molecular flexibility index (Phi) is 6.32. The van der Waals surface area contributed by atoms with Gasteiger partial charge in [0.15, 0.2) is 0 Å². The third-order valence-electron chi connectivity index (χ3n) is 5.96. The van der Waals surface area contributed by atoms with E-state index in [0.717, 1.165) is 44.6 Å². The zero-order valence-electron chi connectivity index (χ0n) is 16.6. The molecule has 2 saturated heterocycles. The van der Waals surface area contributed by atoms with Crippen molar-refractivity contribution in [3.05, 3.63) is 42.0 Å². The van der Waals surface area contributed by atoms with Crippen molar-refractivity contribution in [2.24, 2.45) is 5.41 Å². The first kappa shape index (κ1) is 19.6. The summed E-state index contributed by atoms with van der Waals surface area (Å²) in [7, 11) is 1.97. The molecule has 2 heterocycles. The summed E-state index contributed by atoms with van der Waals surface area (Å²) in [5.74, 6) is 0.458. The molecule has 2 aliphatic heterocycles. The minimum absolute atomic E-state index is 0.0606. The standard InChI is InChI=1S/C22H31N3O2/c1-3-23(2)17-21(27)24-14-11-22(12-15-24)16-20(26)25(18-22)13-7-10-19-8-5-4-6-9-19/h4-10H,3,11-18H2,1-2H3/b10-7+. The van der Waals surface area contributed by atoms with Crippen LogP contribution in [-0.4, -0.2) is 72.8 Å². The van der Waals surface area contributed by atoms with Gasteiger partial charge in [0.05, 0.1) is 6.54 Å². The van der Waals surface area contributed by atoms with Gasteiger partial charge in [-0.05, 0) is 32.0 Å². The predicted octanol–water partition coefficient (Wildman–Crippen LogP) is 2.49. The molecule has 27 heavy (non-hydrogen) atoms. The number of likely N-dealkylation sites (tertiary alicyclic amines) is 2. The van der Waals surface area contributed by atoms with E-state index >= 15 is 0 Å². The molecule has 1 spiro atoms. The summed E-state index contributed by atoms with van der Waals surface area (Å²) in [5, 5.41) is 0. The van der Waals surface area contributed by atoms with Gasteiger partial charge in [-0.15, -0.1) is 0 Å². The Morgan fingerprint density at radius 2 is 1.93 bits per heavy atom. The van der Waals surface area contributed by atoms with E-state index in [1.807, 2.05) is 39.9 Å². The van der Waals surface area contributed by atoms with E-state index in [-0.39, 0.29) is 17.2 Å². The monoisotopic (exact) mass is 369 g/mol. The van der Waals surface area contributed by atoms with E-state index in [9.17, 15) is 9.59 Å². The lowest BCUT2D eigenvalue weighted by atomic mass is 9.77. The minimum Gasteiger partial charge on any atom is -0.342 e. The second-order valence-electron chi connectivity index (χ2n) is 7.98. The number of carbonyl (C=O) groups is 2. The van der Waals surface area contributed by atoms with Crippen LogP contribution in [0, 0.1) is 5.41 Å². The van der Waals surface area contributed by atoms with Crippen LogP contribution in [0.1, 0.15) is 31.7 Å². The van der Waals surface area contributed by atoms with Crippen LogP contribution in [0.2, 0.25) is 0 Å². The number of amides is 2. The summed E-state index contributed by atoms with van der Waals surface area (Å²) in [6.07, 6.45) is 6.64. The smallest absolute Gasteiger partial charge is 0.236 e. The molecule has 0 bridgehead atoms. The molecule has 1 aromatic carbocycles. The molecule has 0 saturated carbocycles. The van der Waals surface area contributed by atoms with E-state index in [1.54, 1.807) is 0 Å². The van der Waals surface area contributed by atoms with E-state index in [1.165, 1.54) is 0 Å². The highest BCUT2D eigenvalue weighted by Gasteiger charge is 2.44. The molecule has 0 aromatic heterocycles. The van der Waals surface area contributed by atoms with Gasteiger partial charge in [-0.2, -0.15) is 0 Å². The average Bonchev–Trinajstić information content (AvgIpc) is 2.98. The van der Waals surface area contributed by atoms with Crippen LogP contribution >= 0.6 is 0 Å². The van der Waals surface area contributed by atoms with E-state index in [2.05, 4.69) is 31.2 Å². The third-order valence-corrected chi connectivity index (χ3v) is 5.96. The van der Waals surface area contributed by atoms with Crippen LogP contribution in [0.4, 0.5) is 0 Å². The zero-order valence-corrected chi connectivity index (χ0v) is 16.6. The van der Waals surface area contributed by atoms with Crippen molar-refractivity contribution < 1.29 is 9.59 Å². The van der Waals surface area contributed by atoms with Crippen molar-refractivity contribution in [2.45, 2.75) is 26.2 Å². The Bertz CT molecular complexity index is 678. The Labute approximate surface area is 162 Å². The summed E-state index contributed by atoms with van der Waals surface area (Å²) in [5.41, 5.74) is 1.22. The molecule has 2 fully saturated rings. The van der Waals surface area contributed by atoms with Crippen molar-refractivity contribution in [2.75, 3.05) is 46.3 Å². The SMILES string of the molecule is CCN(C)CC(=O)N1CCC2(CC1)CC(=O)N(C/C=C/c1ccccc1)C2. The molecule has 2 aliphatic rings. The normalized spacial score (nSPS) is 19.6. The number of hydrogen-bond acceptors (Lipinski definition) is 3. The number of likely N-dealkylation sites (N-methyl/N-ethyl adjacent to an activating group) is 1. The fourth-order valence-electron chi connectivity index (χ4n) is 4.04. The number of rotatable bonds is 6. The lowest BCUT2D eigenvalue weighted by molar-refractivity contribution is -0.134. The Hall–Kier alpha value is -2.14. The van der Waals surface area contributed by atoms with Gasteiger partial charge in [0.2, 0.25) is 11.8 Å². The van der Waals surface area contributed by atoms with Gasteiger partial charge in [-0.25, -0.2) is 0 Å². The van der Waals surface area contributed by atoms with Crippen LogP contribution < -0.4 is 0 Å². The highest BCUT2D eigenvalue weighted by atomic mass is 16.2. The minimum atomic E-state index is 0.0606. The zero-order chi connectivity index (χ0) is 19.3. The molecule has 3 rings (SSSR count). The maximum atomic E-state index is 12.5. The molecule has 0 radical (unpaired) electrons. The number of carbonyl (C=O) groups excluding carboxylic acids is 2. The fourth-order valence-corrected chi connectivity index (χ4v) is 4.04. The Morgan fingerprint density at radius 1 is 1.22 bits per heavy atom. The molecular weight excluding hydrogens is 338 g/mol. The fraction of sp³-hybridized carbons (Fsp3) is 0.545. The van der Waals surface area contributed by atoms with Crippen molar-refractivity contribution in [1.29, 1.82) is 0 Å². The number of nitrogens with zero attached hydrogens (tertiary/aromatic N) is 3. The van der Waals surface area contributed by atoms with Gasteiger partial charge in [0, 0.05) is 38.0 Å². The first-order chi connectivity index (χ1) is 13.0. The summed E-state index contributed by atoms with van der Waals surface area (Å²) in [6.45, 7) is 6.46. The average molecular weight is 370 g/mol. The van der Waals surface area contributed by atoms with E-state index in [4.69, 9.17) is 0 Å². The van der Waals surface area contributed by atoms with Gasteiger partial charge >= 0.3 is 0 Å². The van der Waals surface area contributed by atoms with Crippen LogP contribution in [-0.2, 0) is 9.59 Å². The summed E-state index contributed by atoms with van der Waals surface area (Å²) in [6, 6.07) is 10.2. The molecular formula is C22H31N3O2. The molecule has 1 aromatic rings. The molecule has 5 nitrogen and oxygen atoms in total. The lowest BCUT2D eigenvalue weighted by Gasteiger charge is -2.39. The first-order valence-corrected chi connectivity index (χ1v) is 9.97. The predicted molar refractivity (Wildman–Crippen MR) is 108 cm³/mol. The molecule has 0 N–H and O–H groups in total. The summed E-state index contributed by atoms with van der Waals surface area (Å²) in [4.78, 5) is 30.8. The van der Waals surface area contributed by atoms with Gasteiger partial charge in [0.1, 0.15) is 0 Å². The molecule has 146 valence electrons. The second kappa shape index (κ2) is 8.70. The van der Waals surface area contributed by atoms with Crippen molar-refractivity contribution in [3.8, 4) is 0 Å². The topological polar surface area (TPSA) is 43.9 Å². The van der Waals surface area contributed by atoms with Gasteiger partial charge in [0.25, 0.3) is 0 Å². The van der Waals surface area contributed by atoms with Crippen LogP contribution in [0.15, 0.2) is 36.4 Å². The molecule has 0 unspecified atom stereocenters. The van der Waals surface area contributed by atoms with Crippen molar-refractivity contribution >= 4 is 17.9 Å². The maximum Gasteiger partial charge on any atom is 0.236 e. The maximum absolute atomic E-state index is 12.5. The number of hydrogen-bond donors (Lipinski definition) is 0. The summed E-state index contributed by atoms with van der Waals surface area (Å²) >= 11 is 0. The van der Waals surface area contributed by atoms with E-state index < -0.39 is 0 Å². The van der Waals surface area contributed by atoms with Crippen LogP contribution in [0.25, 0.3) is 6.08 Å². The summed E-state index contributed by atoms with van der Waals surface area (Å²) < 4.78 is 0. The Morgan fingerprint density at radius 3 is 2.59 bits per heavy atom. The Balaban J connectivity index is 1.50. The van der Waals surface area contributed by atoms with Gasteiger partial charge < -0.3 is 9.80 Å². The van der Waals surface area contributed by atoms with Crippen LogP contribution in [0.3, 0.4) is 0 Å². The van der Waals surface area contributed by atoms with E-state index in [0.29, 0.717) is 19.5 Å². The van der Waals surface area contributed by atoms with Crippen molar-refractivity contribution in [1.82, 2.24) is 14.7 Å². The molecule has 0 aliphatic carbocycles. The molecule has 2 amide bonds. The highest BCUT2D eigenvalue weighted by molar-refractivity contribution is 5.80. The lowest BCUT2D eigenvalue weighted by Crippen LogP contribution is -2.47. The van der Waals surface area contributed by atoms with Gasteiger partial charge in [-0.3, -0.25) is 14.5 Å². The van der Waals surface area contributed by atoms with Crippen LogP contribution in [0.5, 0.6) is 0 Å². The van der Waals surface area contributed by atoms with Gasteiger partial charge in [-0.1, -0.05) is 49.4 Å². The van der Waals surface area contributed by atoms with Crippen molar-refractivity contribution in [3.63, 3.8) is 0 Å². The highest BCUT2D eigenvalue weighted by Crippen LogP contribution is 2.41. The largest absolute Gasteiger partial charge is 0.342 e. The second-order valence-corrected chi connectivity index (χ2v) is 7.98. The third kappa shape index (κ3) is 4.98. The first-order valence-electron chi connectivity index (χ1n) is 9.97. The molecule has 0 atom stereocenters. The number of piperidine rings is 1. The molecule has 5 heteroatoms. The number of benzene rings is 1. The quantitative estimate of drug-likeness (QED) is 0.774.